The van der Waals surface area contributed by atoms with Crippen LogP contribution >= 0.6 is 23.4 Å². The zero-order valence-corrected chi connectivity index (χ0v) is 16.5. The van der Waals surface area contributed by atoms with Gasteiger partial charge in [0.15, 0.2) is 17.5 Å². The van der Waals surface area contributed by atoms with Gasteiger partial charge in [-0.15, -0.1) is 18.3 Å². The highest BCUT2D eigenvalue weighted by molar-refractivity contribution is 7.98. The lowest BCUT2D eigenvalue weighted by Crippen LogP contribution is -2.12. The van der Waals surface area contributed by atoms with E-state index in [-0.39, 0.29) is 11.3 Å². The van der Waals surface area contributed by atoms with Gasteiger partial charge < -0.3 is 5.32 Å². The second kappa shape index (κ2) is 10.8. The summed E-state index contributed by atoms with van der Waals surface area (Å²) in [6.07, 6.45) is 4.59. The molecule has 0 radical (unpaired) electrons. The third kappa shape index (κ3) is 7.15. The van der Waals surface area contributed by atoms with Crippen LogP contribution in [0.15, 0.2) is 60.0 Å². The Morgan fingerprint density at radius 2 is 1.81 bits per heavy atom. The number of hydrogen-bond donors (Lipinski definition) is 1. The van der Waals surface area contributed by atoms with E-state index >= 15 is 0 Å². The number of rotatable bonds is 5. The molecule has 2 nitrogen and oxygen atoms in total. The van der Waals surface area contributed by atoms with Crippen molar-refractivity contribution in [1.29, 1.82) is 0 Å². The Morgan fingerprint density at radius 3 is 2.26 bits per heavy atom. The minimum absolute atomic E-state index is 0.169. The summed E-state index contributed by atoms with van der Waals surface area (Å²) in [5.41, 5.74) is 1.27. The molecule has 0 atom stereocenters. The van der Waals surface area contributed by atoms with E-state index in [1.54, 1.807) is 18.4 Å². The highest BCUT2D eigenvalue weighted by Gasteiger charge is 2.14. The first-order valence-electron chi connectivity index (χ1n) is 7.74. The number of allylic oxidation sites excluding steroid dienone is 2. The lowest BCUT2D eigenvalue weighted by Gasteiger charge is -2.08. The molecule has 0 heterocycles. The summed E-state index contributed by atoms with van der Waals surface area (Å²) in [5.74, 6) is -4.89. The van der Waals surface area contributed by atoms with Crippen molar-refractivity contribution in [2.45, 2.75) is 18.2 Å². The largest absolute Gasteiger partial charge is 0.322 e. The lowest BCUT2D eigenvalue weighted by molar-refractivity contribution is 0.102. The Kier molecular flexibility index (Phi) is 9.18. The number of hydrogen-bond acceptors (Lipinski definition) is 2. The number of halogens is 4. The molecule has 0 unspecified atom stereocenters. The fraction of sp³-hybridized carbons (Fsp3) is 0.150. The van der Waals surface area contributed by atoms with E-state index in [2.05, 4.69) is 18.5 Å². The van der Waals surface area contributed by atoms with E-state index in [0.717, 1.165) is 6.42 Å². The minimum Gasteiger partial charge on any atom is -0.322 e. The van der Waals surface area contributed by atoms with Gasteiger partial charge in [0.1, 0.15) is 0 Å². The highest BCUT2D eigenvalue weighted by Crippen LogP contribution is 2.26. The monoisotopic (exact) mass is 413 g/mol. The minimum atomic E-state index is -1.58. The molecule has 0 saturated carbocycles. The van der Waals surface area contributed by atoms with Crippen molar-refractivity contribution in [2.75, 3.05) is 11.6 Å². The first-order chi connectivity index (χ1) is 12.7. The molecule has 0 aliphatic carbocycles. The molecule has 0 aliphatic rings. The van der Waals surface area contributed by atoms with E-state index in [1.807, 2.05) is 13.0 Å². The van der Waals surface area contributed by atoms with Gasteiger partial charge in [-0.2, -0.15) is 0 Å². The van der Waals surface area contributed by atoms with Crippen molar-refractivity contribution < 1.29 is 18.0 Å². The maximum absolute atomic E-state index is 13.1. The van der Waals surface area contributed by atoms with Crippen molar-refractivity contribution in [1.82, 2.24) is 0 Å². The van der Waals surface area contributed by atoms with Crippen LogP contribution in [0.2, 0.25) is 5.02 Å². The Bertz CT molecular complexity index is 832. The number of amides is 1. The van der Waals surface area contributed by atoms with Crippen molar-refractivity contribution >= 4 is 35.0 Å². The van der Waals surface area contributed by atoms with Crippen molar-refractivity contribution in [3.05, 3.63) is 83.2 Å². The van der Waals surface area contributed by atoms with E-state index in [9.17, 15) is 18.0 Å². The topological polar surface area (TPSA) is 29.1 Å². The maximum Gasteiger partial charge on any atom is 0.255 e. The third-order valence-electron chi connectivity index (χ3n) is 3.15. The predicted molar refractivity (Wildman–Crippen MR) is 107 cm³/mol. The smallest absolute Gasteiger partial charge is 0.255 e. The fourth-order valence-electron chi connectivity index (χ4n) is 1.88. The second-order valence-electron chi connectivity index (χ2n) is 5.51. The predicted octanol–water partition coefficient (Wildman–Crippen LogP) is 6.87. The van der Waals surface area contributed by atoms with Crippen molar-refractivity contribution in [3.63, 3.8) is 0 Å². The van der Waals surface area contributed by atoms with Crippen LogP contribution in [0.3, 0.4) is 0 Å². The fourth-order valence-corrected chi connectivity index (χ4v) is 2.74. The van der Waals surface area contributed by atoms with E-state index < -0.39 is 23.4 Å². The Morgan fingerprint density at radius 1 is 1.22 bits per heavy atom. The quantitative estimate of drug-likeness (QED) is 0.329. The number of nitrogens with one attached hydrogen (secondary N) is 1. The standard InChI is InChI=1S/C14H9ClF3NOS.C6H10/c1-21-12-4-7(2-3-9(12)15)14(20)19-8-5-10(16)13(18)11(17)6-8;1-4-5-6(2)3/h2-6H,1H3,(H,19,20);4H,1-2,5H2,3H3. The first-order valence-corrected chi connectivity index (χ1v) is 9.34. The van der Waals surface area contributed by atoms with Gasteiger partial charge in [-0.25, -0.2) is 13.2 Å². The number of thioether (sulfide) groups is 1. The summed E-state index contributed by atoms with van der Waals surface area (Å²) < 4.78 is 39.0. The van der Waals surface area contributed by atoms with Crippen LogP contribution in [0.1, 0.15) is 23.7 Å². The zero-order chi connectivity index (χ0) is 20.6. The molecule has 0 spiro atoms. The molecule has 0 saturated heterocycles. The van der Waals surface area contributed by atoms with Gasteiger partial charge in [0.05, 0.1) is 5.02 Å². The molecular formula is C20H19ClF3NOS. The van der Waals surface area contributed by atoms with Crippen molar-refractivity contribution in [2.24, 2.45) is 0 Å². The molecule has 1 amide bonds. The van der Waals surface area contributed by atoms with E-state index in [4.69, 9.17) is 11.6 Å². The number of benzene rings is 2. The van der Waals surface area contributed by atoms with E-state index in [0.29, 0.717) is 22.1 Å². The summed E-state index contributed by atoms with van der Waals surface area (Å²) in [6, 6.07) is 6.00. The Balaban J connectivity index is 0.000000527. The second-order valence-corrected chi connectivity index (χ2v) is 6.76. The lowest BCUT2D eigenvalue weighted by atomic mass is 10.2. The molecule has 2 aromatic rings. The summed E-state index contributed by atoms with van der Waals surface area (Å²) in [4.78, 5) is 12.7. The van der Waals surface area contributed by atoms with Crippen LogP contribution in [0.25, 0.3) is 0 Å². The Labute approximate surface area is 166 Å². The third-order valence-corrected chi connectivity index (χ3v) is 4.37. The van der Waals surface area contributed by atoms with Crippen LogP contribution in [0.5, 0.6) is 0 Å². The maximum atomic E-state index is 13.1. The normalized spacial score (nSPS) is 9.85. The van der Waals surface area contributed by atoms with Gasteiger partial charge in [0, 0.05) is 28.3 Å². The van der Waals surface area contributed by atoms with Crippen LogP contribution in [-0.2, 0) is 0 Å². The average molecular weight is 414 g/mol. The SMILES string of the molecule is C=CCC(=C)C.CSc1cc(C(=O)Nc2cc(F)c(F)c(F)c2)ccc1Cl. The van der Waals surface area contributed by atoms with Gasteiger partial charge in [0.2, 0.25) is 0 Å². The van der Waals surface area contributed by atoms with Gasteiger partial charge in [0.25, 0.3) is 5.91 Å². The van der Waals surface area contributed by atoms with Crippen molar-refractivity contribution in [3.8, 4) is 0 Å². The van der Waals surface area contributed by atoms with Gasteiger partial charge in [-0.3, -0.25) is 4.79 Å². The van der Waals surface area contributed by atoms with Crippen LogP contribution < -0.4 is 5.32 Å². The Hall–Kier alpha value is -2.18. The summed E-state index contributed by atoms with van der Waals surface area (Å²) >= 11 is 7.29. The molecule has 0 bridgehead atoms. The molecule has 144 valence electrons. The first kappa shape index (κ1) is 22.9. The van der Waals surface area contributed by atoms with Crippen LogP contribution in [0, 0.1) is 17.5 Å². The molecule has 2 rings (SSSR count). The number of carbonyl (C=O) groups is 1. The molecular weight excluding hydrogens is 395 g/mol. The molecule has 0 fully saturated rings. The molecule has 27 heavy (non-hydrogen) atoms. The van der Waals surface area contributed by atoms with E-state index in [1.165, 1.54) is 23.4 Å². The molecule has 7 heteroatoms. The zero-order valence-electron chi connectivity index (χ0n) is 14.9. The molecule has 0 aromatic heterocycles. The number of carbonyl (C=O) groups excluding carboxylic acids is 1. The van der Waals surface area contributed by atoms with Gasteiger partial charge in [-0.05, 0) is 37.8 Å². The summed E-state index contributed by atoms with van der Waals surface area (Å²) in [7, 11) is 0. The summed E-state index contributed by atoms with van der Waals surface area (Å²) in [6.45, 7) is 9.20. The highest BCUT2D eigenvalue weighted by atomic mass is 35.5. The molecule has 0 aliphatic heterocycles. The van der Waals surface area contributed by atoms with Gasteiger partial charge >= 0.3 is 0 Å². The van der Waals surface area contributed by atoms with Crippen LogP contribution in [-0.4, -0.2) is 12.2 Å². The molecule has 1 N–H and O–H groups in total. The van der Waals surface area contributed by atoms with Crippen LogP contribution in [0.4, 0.5) is 18.9 Å². The average Bonchev–Trinajstić information content (AvgIpc) is 2.60. The van der Waals surface area contributed by atoms with Gasteiger partial charge in [-0.1, -0.05) is 29.8 Å². The summed E-state index contributed by atoms with van der Waals surface area (Å²) in [5, 5.41) is 2.80. The number of anilines is 1. The molecule has 2 aromatic carbocycles.